The third kappa shape index (κ3) is 15.8. The number of fused-ring (bicyclic) bond motifs is 1. The van der Waals surface area contributed by atoms with Crippen LogP contribution in [-0.4, -0.2) is 191 Å². The average Bonchev–Trinajstić information content (AvgIpc) is 4.28. The highest BCUT2D eigenvalue weighted by Crippen LogP contribution is 2.32. The molecule has 3 aliphatic rings. The number of thiazole rings is 1. The molecule has 3 aromatic heterocycles. The minimum atomic E-state index is -1.18. The van der Waals surface area contributed by atoms with Gasteiger partial charge >= 0.3 is 6.09 Å². The van der Waals surface area contributed by atoms with Crippen molar-refractivity contribution in [3.63, 3.8) is 0 Å². The predicted octanol–water partition coefficient (Wildman–Crippen LogP) is 7.16. The summed E-state index contributed by atoms with van der Waals surface area (Å²) in [5, 5.41) is 12.9. The molecule has 5 heterocycles. The van der Waals surface area contributed by atoms with Crippen LogP contribution in [0.3, 0.4) is 0 Å². The van der Waals surface area contributed by atoms with Crippen molar-refractivity contribution in [2.75, 3.05) is 114 Å². The number of aryl methyl sites for hydroxylation is 3. The number of ether oxygens (including phenoxy) is 3. The maximum atomic E-state index is 14.8. The van der Waals surface area contributed by atoms with Crippen LogP contribution in [0.25, 0.3) is 10.9 Å². The Morgan fingerprint density at radius 1 is 0.857 bits per heavy atom. The highest BCUT2D eigenvalue weighted by Gasteiger charge is 2.39. The van der Waals surface area contributed by atoms with Gasteiger partial charge in [0, 0.05) is 97.1 Å². The normalized spacial score (nSPS) is 16.1. The number of nitrogens with one attached hydrogen (secondary N) is 4. The van der Waals surface area contributed by atoms with E-state index in [-0.39, 0.29) is 85.8 Å². The number of aromatic nitrogens is 4. The van der Waals surface area contributed by atoms with Gasteiger partial charge in [0.2, 0.25) is 11.8 Å². The van der Waals surface area contributed by atoms with E-state index in [1.807, 2.05) is 32.0 Å². The van der Waals surface area contributed by atoms with Crippen molar-refractivity contribution in [1.82, 2.24) is 49.8 Å². The van der Waals surface area contributed by atoms with Gasteiger partial charge in [0.25, 0.3) is 17.7 Å². The summed E-state index contributed by atoms with van der Waals surface area (Å²) in [6, 6.07) is 7.37. The van der Waals surface area contributed by atoms with Gasteiger partial charge in [0.05, 0.1) is 54.4 Å². The molecule has 26 heteroatoms. The largest absolute Gasteiger partial charge is 0.444 e. The molecule has 0 unspecified atom stereocenters. The summed E-state index contributed by atoms with van der Waals surface area (Å²) in [5.74, 6) is -2.84. The smallest absolute Gasteiger partial charge is 0.410 e. The lowest BCUT2D eigenvalue weighted by Gasteiger charge is -2.39. The zero-order valence-electron chi connectivity index (χ0n) is 48.9. The number of nitrogens with zero attached hydrogens (tertiary/aromatic N) is 9. The molecule has 2 atom stereocenters. The molecule has 454 valence electrons. The van der Waals surface area contributed by atoms with Gasteiger partial charge in [-0.15, -0.1) is 0 Å². The number of halogens is 3. The Balaban J connectivity index is 0.771. The van der Waals surface area contributed by atoms with Crippen LogP contribution in [-0.2, 0) is 30.8 Å². The van der Waals surface area contributed by atoms with E-state index in [1.54, 1.807) is 38.7 Å². The number of piperazine rings is 2. The van der Waals surface area contributed by atoms with Gasteiger partial charge in [-0.1, -0.05) is 54.3 Å². The molecular weight excluding hydrogens is 1130 g/mol. The van der Waals surface area contributed by atoms with E-state index in [1.165, 1.54) is 46.0 Å². The molecule has 2 aromatic carbocycles. The van der Waals surface area contributed by atoms with E-state index in [9.17, 15) is 37.5 Å². The molecule has 3 fully saturated rings. The molecule has 84 heavy (non-hydrogen) atoms. The maximum absolute atomic E-state index is 14.8. The highest BCUT2D eigenvalue weighted by molar-refractivity contribution is 7.17. The Bertz CT molecular complexity index is 3170. The average molecular weight is 1200 g/mol. The van der Waals surface area contributed by atoms with Gasteiger partial charge in [-0.2, -0.15) is 0 Å². The third-order valence-corrected chi connectivity index (χ3v) is 16.5. The topological polar surface area (TPSA) is 238 Å². The number of rotatable bonds is 21. The van der Waals surface area contributed by atoms with Crippen LogP contribution in [0.2, 0.25) is 5.02 Å². The van der Waals surface area contributed by atoms with Crippen molar-refractivity contribution >= 4 is 91.9 Å². The molecule has 0 spiro atoms. The number of carbonyl (C=O) groups excluding carboxylic acids is 6. The Morgan fingerprint density at radius 3 is 2.23 bits per heavy atom. The second-order valence-electron chi connectivity index (χ2n) is 22.3. The lowest BCUT2D eigenvalue weighted by molar-refractivity contribution is -0.140. The summed E-state index contributed by atoms with van der Waals surface area (Å²) in [7, 11) is 2.98. The first kappa shape index (κ1) is 63.0. The molecule has 8 rings (SSSR count). The van der Waals surface area contributed by atoms with Crippen molar-refractivity contribution in [3.8, 4) is 0 Å². The molecule has 4 N–H and O–H groups in total. The Kier molecular flexibility index (Phi) is 21.2. The van der Waals surface area contributed by atoms with E-state index in [0.29, 0.717) is 52.1 Å². The molecule has 1 saturated carbocycles. The Labute approximate surface area is 496 Å². The molecule has 2 aliphatic heterocycles. The van der Waals surface area contributed by atoms with Crippen LogP contribution >= 0.6 is 22.9 Å². The van der Waals surface area contributed by atoms with Gasteiger partial charge < -0.3 is 54.7 Å². The van der Waals surface area contributed by atoms with Gasteiger partial charge in [-0.3, -0.25) is 33.8 Å². The van der Waals surface area contributed by atoms with Gasteiger partial charge in [0.15, 0.2) is 16.8 Å². The van der Waals surface area contributed by atoms with Crippen LogP contribution in [0, 0.1) is 31.4 Å². The molecule has 0 bridgehead atoms. The minimum Gasteiger partial charge on any atom is -0.444 e. The van der Waals surface area contributed by atoms with Crippen molar-refractivity contribution in [3.05, 3.63) is 86.8 Å². The standard InChI is InChI=1S/C58H76ClF2N13O9S/c1-35-13-12-16-40(59)48(35)67-52(76)44-34-63-56(84-44)66-45-33-46(65-37(3)64-45)72-20-18-71(19-21-72)26-28-82-30-29-81-27-17-62-53(77)47-39-31-41(60)42(61)32-43(39)70(8)50(47)55(79)74-24-22-73(23-25-74)54(78)49(38-14-10-9-11-15-38)68-51(75)36(2)69(7)57(80)83-58(4,5)6/h12-13,16,31-34,36,38,49H,9-11,14-15,17-30H2,1-8H3,(H,62,77)(H,67,76)(H,68,75)(H,63,64,65,66)/t36-,49-/m0/s1. The molecular formula is C58H76ClF2N13O9S. The van der Waals surface area contributed by atoms with Gasteiger partial charge in [-0.05, 0) is 78.0 Å². The summed E-state index contributed by atoms with van der Waals surface area (Å²) in [5.41, 5.74) is 0.598. The van der Waals surface area contributed by atoms with E-state index < -0.39 is 53.1 Å². The fourth-order valence-corrected chi connectivity index (χ4v) is 11.5. The number of benzene rings is 2. The number of amides is 6. The minimum absolute atomic E-state index is 0.0470. The molecule has 2 saturated heterocycles. The Hall–Kier alpha value is -7.06. The summed E-state index contributed by atoms with van der Waals surface area (Å²) in [6.07, 6.45) is 5.16. The van der Waals surface area contributed by atoms with Crippen molar-refractivity contribution < 1.29 is 51.8 Å². The highest BCUT2D eigenvalue weighted by atomic mass is 35.5. The second-order valence-corrected chi connectivity index (χ2v) is 23.8. The molecule has 6 amide bonds. The molecule has 22 nitrogen and oxygen atoms in total. The number of para-hydroxylation sites is 1. The molecule has 5 aromatic rings. The van der Waals surface area contributed by atoms with E-state index in [4.69, 9.17) is 25.8 Å². The summed E-state index contributed by atoms with van der Waals surface area (Å²) < 4.78 is 48.0. The first-order chi connectivity index (χ1) is 40.1. The molecule has 0 radical (unpaired) electrons. The lowest BCUT2D eigenvalue weighted by atomic mass is 9.83. The van der Waals surface area contributed by atoms with Crippen LogP contribution in [0.1, 0.15) is 102 Å². The van der Waals surface area contributed by atoms with Crippen LogP contribution in [0.4, 0.5) is 36.0 Å². The first-order valence-electron chi connectivity index (χ1n) is 28.4. The zero-order chi connectivity index (χ0) is 60.4. The fraction of sp³-hybridized carbons (Fsp3) is 0.534. The first-order valence-corrected chi connectivity index (χ1v) is 29.6. The van der Waals surface area contributed by atoms with Crippen molar-refractivity contribution in [2.45, 2.75) is 91.3 Å². The maximum Gasteiger partial charge on any atom is 0.410 e. The van der Waals surface area contributed by atoms with Crippen molar-refractivity contribution in [1.29, 1.82) is 0 Å². The van der Waals surface area contributed by atoms with Crippen LogP contribution < -0.4 is 26.2 Å². The van der Waals surface area contributed by atoms with E-state index >= 15 is 0 Å². The summed E-state index contributed by atoms with van der Waals surface area (Å²) in [6.45, 7) is 15.8. The number of hydrogen-bond acceptors (Lipinski definition) is 16. The zero-order valence-corrected chi connectivity index (χ0v) is 50.5. The summed E-state index contributed by atoms with van der Waals surface area (Å²) >= 11 is 7.51. The predicted molar refractivity (Wildman–Crippen MR) is 316 cm³/mol. The van der Waals surface area contributed by atoms with Gasteiger partial charge in [-0.25, -0.2) is 28.5 Å². The molecule has 1 aliphatic carbocycles. The van der Waals surface area contributed by atoms with Crippen LogP contribution in [0.5, 0.6) is 0 Å². The Morgan fingerprint density at radius 2 is 1.54 bits per heavy atom. The second kappa shape index (κ2) is 28.2. The quantitative estimate of drug-likeness (QED) is 0.0534. The number of carbonyl (C=O) groups is 6. The summed E-state index contributed by atoms with van der Waals surface area (Å²) in [4.78, 5) is 105. The third-order valence-electron chi connectivity index (χ3n) is 15.3. The SMILES string of the molecule is Cc1nc(Nc2ncc(C(=O)Nc3c(C)cccc3Cl)s2)cc(N2CCN(CCOCCOCCNC(=O)c3c(C(=O)N4CCN(C(=O)[C@@H](NC(=O)[C@H](C)N(C)C(=O)OC(C)(C)C)C5CCCCC5)CC4)n(C)c4cc(F)c(F)cc34)CC2)n1. The number of likely N-dealkylation sites (N-methyl/N-ethyl adjacent to an activating group) is 1. The van der Waals surface area contributed by atoms with E-state index in [0.717, 1.165) is 81.8 Å². The van der Waals surface area contributed by atoms with Gasteiger partial charge in [0.1, 0.15) is 45.7 Å². The lowest BCUT2D eigenvalue weighted by Crippen LogP contribution is -2.60. The number of hydrogen-bond donors (Lipinski definition) is 4. The van der Waals surface area contributed by atoms with E-state index in [2.05, 4.69) is 46.0 Å². The monoisotopic (exact) mass is 1200 g/mol. The number of anilines is 4. The van der Waals surface area contributed by atoms with Crippen molar-refractivity contribution in [2.24, 2.45) is 13.0 Å². The van der Waals surface area contributed by atoms with Crippen LogP contribution in [0.15, 0.2) is 42.6 Å². The fourth-order valence-electron chi connectivity index (χ4n) is 10.5.